The lowest BCUT2D eigenvalue weighted by Crippen LogP contribution is -2.21. The van der Waals surface area contributed by atoms with Crippen LogP contribution < -0.4 is 0 Å². The van der Waals surface area contributed by atoms with Crippen LogP contribution in [0.25, 0.3) is 10.9 Å². The lowest BCUT2D eigenvalue weighted by atomic mass is 9.84. The standard InChI is InChI=1S/C23H22FNO3/c1-3-14-11-19-22(20(26)12-14)21-16(23(27)28-2)8-6-10-18(21)25(19)13-15-7-4-5-9-17(15)24/h4-10,14H,3,11-13H2,1-2H3. The van der Waals surface area contributed by atoms with Crippen LogP contribution in [0.4, 0.5) is 4.39 Å². The molecule has 4 rings (SSSR count). The number of ketones is 1. The summed E-state index contributed by atoms with van der Waals surface area (Å²) in [6.07, 6.45) is 2.11. The van der Waals surface area contributed by atoms with Crippen molar-refractivity contribution in [1.82, 2.24) is 4.57 Å². The maximum atomic E-state index is 14.3. The fourth-order valence-electron chi connectivity index (χ4n) is 4.22. The number of esters is 1. The third kappa shape index (κ3) is 2.91. The number of hydrogen-bond donors (Lipinski definition) is 0. The van der Waals surface area contributed by atoms with Crippen molar-refractivity contribution in [1.29, 1.82) is 0 Å². The predicted molar refractivity (Wildman–Crippen MR) is 105 cm³/mol. The number of halogens is 1. The summed E-state index contributed by atoms with van der Waals surface area (Å²) in [6.45, 7) is 2.39. The van der Waals surface area contributed by atoms with Crippen LogP contribution in [0.1, 0.15) is 51.7 Å². The summed E-state index contributed by atoms with van der Waals surface area (Å²) in [6, 6.07) is 12.0. The third-order valence-electron chi connectivity index (χ3n) is 5.70. The highest BCUT2D eigenvalue weighted by Crippen LogP contribution is 2.37. The molecule has 1 unspecified atom stereocenters. The topological polar surface area (TPSA) is 48.3 Å². The number of fused-ring (bicyclic) bond motifs is 3. The first-order chi connectivity index (χ1) is 13.5. The van der Waals surface area contributed by atoms with Crippen molar-refractivity contribution in [2.24, 2.45) is 5.92 Å². The van der Waals surface area contributed by atoms with E-state index < -0.39 is 5.97 Å². The minimum Gasteiger partial charge on any atom is -0.465 e. The number of nitrogens with zero attached hydrogens (tertiary/aromatic N) is 1. The van der Waals surface area contributed by atoms with Crippen molar-refractivity contribution in [3.63, 3.8) is 0 Å². The summed E-state index contributed by atoms with van der Waals surface area (Å²) in [5.74, 6) is -0.453. The first-order valence-electron chi connectivity index (χ1n) is 9.54. The van der Waals surface area contributed by atoms with Crippen LogP contribution in [-0.4, -0.2) is 23.4 Å². The molecule has 0 saturated carbocycles. The van der Waals surface area contributed by atoms with Crippen molar-refractivity contribution < 1.29 is 18.7 Å². The summed E-state index contributed by atoms with van der Waals surface area (Å²) in [7, 11) is 1.33. The molecule has 1 aliphatic rings. The summed E-state index contributed by atoms with van der Waals surface area (Å²) >= 11 is 0. The Morgan fingerprint density at radius 2 is 1.96 bits per heavy atom. The average molecular weight is 379 g/mol. The molecule has 0 fully saturated rings. The van der Waals surface area contributed by atoms with E-state index in [2.05, 4.69) is 6.92 Å². The second-order valence-corrected chi connectivity index (χ2v) is 7.30. The van der Waals surface area contributed by atoms with Gasteiger partial charge in [-0.25, -0.2) is 9.18 Å². The number of rotatable bonds is 4. The number of hydrogen-bond acceptors (Lipinski definition) is 3. The van der Waals surface area contributed by atoms with Gasteiger partial charge in [-0.1, -0.05) is 37.6 Å². The van der Waals surface area contributed by atoms with Crippen LogP contribution in [0.3, 0.4) is 0 Å². The van der Waals surface area contributed by atoms with Crippen molar-refractivity contribution >= 4 is 22.7 Å². The molecular formula is C23H22FNO3. The summed E-state index contributed by atoms with van der Waals surface area (Å²) in [5, 5.41) is 0.625. The average Bonchev–Trinajstić information content (AvgIpc) is 3.03. The number of methoxy groups -OCH3 is 1. The predicted octanol–water partition coefficient (Wildman–Crippen LogP) is 4.77. The number of ether oxygens (including phenoxy) is 1. The van der Waals surface area contributed by atoms with Gasteiger partial charge in [0.2, 0.25) is 0 Å². The van der Waals surface area contributed by atoms with E-state index >= 15 is 0 Å². The van der Waals surface area contributed by atoms with Gasteiger partial charge in [-0.15, -0.1) is 0 Å². The number of benzene rings is 2. The van der Waals surface area contributed by atoms with E-state index in [1.165, 1.54) is 13.2 Å². The van der Waals surface area contributed by atoms with Crippen molar-refractivity contribution in [2.45, 2.75) is 32.7 Å². The van der Waals surface area contributed by atoms with Crippen LogP contribution in [0.15, 0.2) is 42.5 Å². The number of carbonyl (C=O) groups is 2. The van der Waals surface area contributed by atoms with E-state index in [4.69, 9.17) is 4.74 Å². The number of aromatic nitrogens is 1. The van der Waals surface area contributed by atoms with E-state index in [9.17, 15) is 14.0 Å². The van der Waals surface area contributed by atoms with Crippen LogP contribution in [0.5, 0.6) is 0 Å². The van der Waals surface area contributed by atoms with Crippen molar-refractivity contribution in [3.8, 4) is 0 Å². The Kier molecular flexibility index (Phi) is 4.75. The Labute approximate surface area is 162 Å². The molecule has 0 radical (unpaired) electrons. The highest BCUT2D eigenvalue weighted by atomic mass is 19.1. The fourth-order valence-corrected chi connectivity index (χ4v) is 4.22. The zero-order valence-electron chi connectivity index (χ0n) is 16.0. The maximum Gasteiger partial charge on any atom is 0.338 e. The molecule has 0 amide bonds. The quantitative estimate of drug-likeness (QED) is 0.614. The smallest absolute Gasteiger partial charge is 0.338 e. The second-order valence-electron chi connectivity index (χ2n) is 7.30. The Morgan fingerprint density at radius 1 is 1.18 bits per heavy atom. The molecule has 1 heterocycles. The lowest BCUT2D eigenvalue weighted by molar-refractivity contribution is 0.0603. The zero-order valence-corrected chi connectivity index (χ0v) is 16.0. The molecular weight excluding hydrogens is 357 g/mol. The van der Waals surface area contributed by atoms with E-state index in [0.717, 1.165) is 24.1 Å². The SMILES string of the molecule is CCC1CC(=O)c2c(n(Cc3ccccc3F)c3cccc(C(=O)OC)c23)C1. The molecule has 0 spiro atoms. The molecule has 2 aromatic carbocycles. The third-order valence-corrected chi connectivity index (χ3v) is 5.70. The van der Waals surface area contributed by atoms with Gasteiger partial charge in [-0.2, -0.15) is 0 Å². The molecule has 3 aromatic rings. The van der Waals surface area contributed by atoms with Gasteiger partial charge >= 0.3 is 5.97 Å². The Balaban J connectivity index is 2.00. The molecule has 1 atom stereocenters. The van der Waals surface area contributed by atoms with Gasteiger partial charge in [0.1, 0.15) is 5.82 Å². The molecule has 0 aliphatic heterocycles. The van der Waals surface area contributed by atoms with E-state index in [1.807, 2.05) is 10.6 Å². The largest absolute Gasteiger partial charge is 0.465 e. The molecule has 0 saturated heterocycles. The summed E-state index contributed by atoms with van der Waals surface area (Å²) in [4.78, 5) is 25.4. The van der Waals surface area contributed by atoms with Gasteiger partial charge in [0.15, 0.2) is 5.78 Å². The minimum absolute atomic E-state index is 0.0433. The van der Waals surface area contributed by atoms with Crippen LogP contribution in [-0.2, 0) is 17.7 Å². The molecule has 144 valence electrons. The van der Waals surface area contributed by atoms with E-state index in [0.29, 0.717) is 35.0 Å². The molecule has 0 bridgehead atoms. The zero-order chi connectivity index (χ0) is 19.8. The Hall–Kier alpha value is -2.95. The first kappa shape index (κ1) is 18.4. The monoisotopic (exact) mass is 379 g/mol. The van der Waals surface area contributed by atoms with Gasteiger partial charge in [-0.3, -0.25) is 4.79 Å². The highest BCUT2D eigenvalue weighted by molar-refractivity contribution is 6.16. The Morgan fingerprint density at radius 3 is 2.68 bits per heavy atom. The maximum absolute atomic E-state index is 14.3. The van der Waals surface area contributed by atoms with Gasteiger partial charge in [-0.05, 0) is 30.5 Å². The van der Waals surface area contributed by atoms with E-state index in [1.54, 1.807) is 30.3 Å². The number of Topliss-reactive ketones (excluding diaryl/α,β-unsaturated/α-hetero) is 1. The van der Waals surface area contributed by atoms with Crippen LogP contribution in [0.2, 0.25) is 0 Å². The fraction of sp³-hybridized carbons (Fsp3) is 0.304. The molecule has 1 aliphatic carbocycles. The Bertz CT molecular complexity index is 1080. The summed E-state index contributed by atoms with van der Waals surface area (Å²) in [5.41, 5.74) is 3.18. The first-order valence-corrected chi connectivity index (χ1v) is 9.54. The molecule has 28 heavy (non-hydrogen) atoms. The number of carbonyl (C=O) groups excluding carboxylic acids is 2. The molecule has 5 heteroatoms. The lowest BCUT2D eigenvalue weighted by Gasteiger charge is -2.22. The van der Waals surface area contributed by atoms with Crippen LogP contribution in [0, 0.1) is 11.7 Å². The molecule has 4 nitrogen and oxygen atoms in total. The normalized spacial score (nSPS) is 16.2. The minimum atomic E-state index is -0.471. The van der Waals surface area contributed by atoms with Gasteiger partial charge < -0.3 is 9.30 Å². The van der Waals surface area contributed by atoms with Crippen molar-refractivity contribution in [2.75, 3.05) is 7.11 Å². The van der Waals surface area contributed by atoms with E-state index in [-0.39, 0.29) is 17.5 Å². The molecule has 1 aromatic heterocycles. The van der Waals surface area contributed by atoms with Crippen LogP contribution >= 0.6 is 0 Å². The van der Waals surface area contributed by atoms with Gasteiger partial charge in [0.05, 0.1) is 24.7 Å². The van der Waals surface area contributed by atoms with Gasteiger partial charge in [0.25, 0.3) is 0 Å². The summed E-state index contributed by atoms with van der Waals surface area (Å²) < 4.78 is 21.3. The molecule has 0 N–H and O–H groups in total. The second kappa shape index (κ2) is 7.23. The van der Waals surface area contributed by atoms with Gasteiger partial charge in [0, 0.05) is 28.6 Å². The highest BCUT2D eigenvalue weighted by Gasteiger charge is 2.32. The van der Waals surface area contributed by atoms with Crippen molar-refractivity contribution in [3.05, 3.63) is 70.7 Å².